The SMILES string of the molecule is C/C=C(\C)C(=O)N1C(=O)OCC1c1ccccc1. The third-order valence-electron chi connectivity index (χ3n) is 3.05. The van der Waals surface area contributed by atoms with Crippen LogP contribution < -0.4 is 0 Å². The Hall–Kier alpha value is -2.10. The van der Waals surface area contributed by atoms with Crippen molar-refractivity contribution in [3.05, 3.63) is 47.5 Å². The molecule has 0 aliphatic carbocycles. The van der Waals surface area contributed by atoms with Gasteiger partial charge in [-0.15, -0.1) is 0 Å². The van der Waals surface area contributed by atoms with Crippen LogP contribution in [-0.4, -0.2) is 23.5 Å². The molecule has 1 aliphatic heterocycles. The highest BCUT2D eigenvalue weighted by molar-refractivity contribution is 6.03. The zero-order valence-electron chi connectivity index (χ0n) is 10.4. The lowest BCUT2D eigenvalue weighted by Gasteiger charge is -2.20. The van der Waals surface area contributed by atoms with Crippen molar-refractivity contribution in [3.63, 3.8) is 0 Å². The minimum Gasteiger partial charge on any atom is -0.446 e. The van der Waals surface area contributed by atoms with Crippen LogP contribution in [0, 0.1) is 0 Å². The number of rotatable bonds is 2. The van der Waals surface area contributed by atoms with Crippen LogP contribution in [0.25, 0.3) is 0 Å². The lowest BCUT2D eigenvalue weighted by atomic mass is 10.1. The molecule has 0 aromatic heterocycles. The largest absolute Gasteiger partial charge is 0.446 e. The molecule has 1 aromatic rings. The van der Waals surface area contributed by atoms with Crippen molar-refractivity contribution in [2.75, 3.05) is 6.61 Å². The summed E-state index contributed by atoms with van der Waals surface area (Å²) in [6, 6.07) is 9.09. The van der Waals surface area contributed by atoms with E-state index in [1.807, 2.05) is 30.3 Å². The van der Waals surface area contributed by atoms with E-state index in [-0.39, 0.29) is 18.6 Å². The molecule has 1 atom stereocenters. The average molecular weight is 245 g/mol. The molecule has 1 aliphatic rings. The Labute approximate surface area is 106 Å². The van der Waals surface area contributed by atoms with Gasteiger partial charge in [0.25, 0.3) is 5.91 Å². The number of hydrogen-bond acceptors (Lipinski definition) is 3. The molecule has 94 valence electrons. The van der Waals surface area contributed by atoms with E-state index in [2.05, 4.69) is 0 Å². The predicted molar refractivity (Wildman–Crippen MR) is 66.8 cm³/mol. The van der Waals surface area contributed by atoms with E-state index >= 15 is 0 Å². The number of carbonyl (C=O) groups excluding carboxylic acids is 2. The predicted octanol–water partition coefficient (Wildman–Crippen LogP) is 2.67. The number of nitrogens with zero attached hydrogens (tertiary/aromatic N) is 1. The van der Waals surface area contributed by atoms with Crippen LogP contribution in [0.4, 0.5) is 4.79 Å². The van der Waals surface area contributed by atoms with Crippen LogP contribution in [0.2, 0.25) is 0 Å². The Balaban J connectivity index is 2.32. The van der Waals surface area contributed by atoms with Crippen molar-refractivity contribution in [1.82, 2.24) is 4.90 Å². The molecule has 0 radical (unpaired) electrons. The highest BCUT2D eigenvalue weighted by atomic mass is 16.6. The molecule has 0 spiro atoms. The van der Waals surface area contributed by atoms with E-state index in [1.165, 1.54) is 4.90 Å². The fraction of sp³-hybridized carbons (Fsp3) is 0.286. The number of amides is 2. The highest BCUT2D eigenvalue weighted by Crippen LogP contribution is 2.28. The van der Waals surface area contributed by atoms with Gasteiger partial charge in [-0.3, -0.25) is 4.79 Å². The summed E-state index contributed by atoms with van der Waals surface area (Å²) < 4.78 is 4.99. The lowest BCUT2D eigenvalue weighted by Crippen LogP contribution is -2.34. The van der Waals surface area contributed by atoms with Crippen LogP contribution in [0.1, 0.15) is 25.5 Å². The Morgan fingerprint density at radius 3 is 2.67 bits per heavy atom. The van der Waals surface area contributed by atoms with E-state index in [1.54, 1.807) is 19.9 Å². The molecule has 1 fully saturated rings. The van der Waals surface area contributed by atoms with E-state index in [0.29, 0.717) is 5.57 Å². The molecule has 1 heterocycles. The number of carbonyl (C=O) groups is 2. The summed E-state index contributed by atoms with van der Waals surface area (Å²) in [5.41, 5.74) is 1.44. The van der Waals surface area contributed by atoms with Crippen LogP contribution in [0.15, 0.2) is 42.0 Å². The van der Waals surface area contributed by atoms with Crippen molar-refractivity contribution in [2.24, 2.45) is 0 Å². The molecule has 4 nitrogen and oxygen atoms in total. The second-order valence-corrected chi connectivity index (χ2v) is 4.15. The van der Waals surface area contributed by atoms with Crippen molar-refractivity contribution >= 4 is 12.0 Å². The zero-order chi connectivity index (χ0) is 13.1. The smallest absolute Gasteiger partial charge is 0.417 e. The van der Waals surface area contributed by atoms with Crippen LogP contribution in [0.3, 0.4) is 0 Å². The van der Waals surface area contributed by atoms with Gasteiger partial charge in [0.2, 0.25) is 0 Å². The summed E-state index contributed by atoms with van der Waals surface area (Å²) in [6.07, 6.45) is 1.12. The Morgan fingerprint density at radius 2 is 2.06 bits per heavy atom. The molecule has 1 unspecified atom stereocenters. The van der Waals surface area contributed by atoms with Crippen LogP contribution >= 0.6 is 0 Å². The maximum atomic E-state index is 12.1. The second-order valence-electron chi connectivity index (χ2n) is 4.15. The van der Waals surface area contributed by atoms with Gasteiger partial charge >= 0.3 is 6.09 Å². The molecule has 2 amide bonds. The molecule has 0 saturated carbocycles. The topological polar surface area (TPSA) is 46.6 Å². The van der Waals surface area contributed by atoms with Crippen molar-refractivity contribution in [2.45, 2.75) is 19.9 Å². The van der Waals surface area contributed by atoms with Gasteiger partial charge < -0.3 is 4.74 Å². The third-order valence-corrected chi connectivity index (χ3v) is 3.05. The number of ether oxygens (including phenoxy) is 1. The van der Waals surface area contributed by atoms with Crippen molar-refractivity contribution in [1.29, 1.82) is 0 Å². The fourth-order valence-electron chi connectivity index (χ4n) is 1.88. The average Bonchev–Trinajstić information content (AvgIpc) is 2.80. The Bertz CT molecular complexity index is 493. The van der Waals surface area contributed by atoms with E-state index in [0.717, 1.165) is 5.56 Å². The summed E-state index contributed by atoms with van der Waals surface area (Å²) in [6.45, 7) is 3.67. The molecular formula is C14H15NO3. The first-order valence-electron chi connectivity index (χ1n) is 5.83. The highest BCUT2D eigenvalue weighted by Gasteiger charge is 2.38. The van der Waals surface area contributed by atoms with Crippen LogP contribution in [-0.2, 0) is 9.53 Å². The molecule has 18 heavy (non-hydrogen) atoms. The Morgan fingerprint density at radius 1 is 1.39 bits per heavy atom. The van der Waals surface area contributed by atoms with Crippen molar-refractivity contribution < 1.29 is 14.3 Å². The minimum absolute atomic E-state index is 0.214. The Kier molecular flexibility index (Phi) is 3.46. The summed E-state index contributed by atoms with van der Waals surface area (Å²) >= 11 is 0. The van der Waals surface area contributed by atoms with Gasteiger partial charge in [-0.1, -0.05) is 36.4 Å². The van der Waals surface area contributed by atoms with E-state index < -0.39 is 6.09 Å². The number of cyclic esters (lactones) is 1. The number of benzene rings is 1. The molecule has 1 aromatic carbocycles. The monoisotopic (exact) mass is 245 g/mol. The number of allylic oxidation sites excluding steroid dienone is 1. The molecule has 2 rings (SSSR count). The standard InChI is InChI=1S/C14H15NO3/c1-3-10(2)13(16)15-12(9-18-14(15)17)11-7-5-4-6-8-11/h3-8,12H,9H2,1-2H3/b10-3+. The van der Waals surface area contributed by atoms with Gasteiger partial charge in [-0.2, -0.15) is 0 Å². The molecule has 1 saturated heterocycles. The zero-order valence-corrected chi connectivity index (χ0v) is 10.4. The fourth-order valence-corrected chi connectivity index (χ4v) is 1.88. The minimum atomic E-state index is -0.574. The molecule has 0 bridgehead atoms. The normalized spacial score (nSPS) is 19.9. The van der Waals surface area contributed by atoms with Gasteiger partial charge in [-0.25, -0.2) is 9.69 Å². The van der Waals surface area contributed by atoms with Gasteiger partial charge in [0.1, 0.15) is 12.6 Å². The van der Waals surface area contributed by atoms with E-state index in [9.17, 15) is 9.59 Å². The number of imide groups is 1. The maximum Gasteiger partial charge on any atom is 0.417 e. The summed E-state index contributed by atoms with van der Waals surface area (Å²) in [4.78, 5) is 25.0. The molecular weight excluding hydrogens is 230 g/mol. The van der Waals surface area contributed by atoms with Crippen molar-refractivity contribution in [3.8, 4) is 0 Å². The molecule has 4 heteroatoms. The van der Waals surface area contributed by atoms with Gasteiger partial charge in [0.15, 0.2) is 0 Å². The van der Waals surface area contributed by atoms with E-state index in [4.69, 9.17) is 4.74 Å². The first-order valence-corrected chi connectivity index (χ1v) is 5.83. The quantitative estimate of drug-likeness (QED) is 0.752. The first kappa shape index (κ1) is 12.4. The number of hydrogen-bond donors (Lipinski definition) is 0. The lowest BCUT2D eigenvalue weighted by molar-refractivity contribution is -0.125. The summed E-state index contributed by atoms with van der Waals surface area (Å²) in [5.74, 6) is -0.297. The summed E-state index contributed by atoms with van der Waals surface area (Å²) in [7, 11) is 0. The summed E-state index contributed by atoms with van der Waals surface area (Å²) in [5, 5.41) is 0. The first-order chi connectivity index (χ1) is 8.65. The van der Waals surface area contributed by atoms with Gasteiger partial charge in [0, 0.05) is 5.57 Å². The third kappa shape index (κ3) is 2.14. The second kappa shape index (κ2) is 5.04. The van der Waals surface area contributed by atoms with Gasteiger partial charge in [0.05, 0.1) is 0 Å². The molecule has 0 N–H and O–H groups in total. The van der Waals surface area contributed by atoms with Crippen LogP contribution in [0.5, 0.6) is 0 Å². The maximum absolute atomic E-state index is 12.1. The van der Waals surface area contributed by atoms with Gasteiger partial charge in [-0.05, 0) is 19.4 Å².